The Labute approximate surface area is 91.4 Å². The van der Waals surface area contributed by atoms with Crippen LogP contribution in [0.15, 0.2) is 0 Å². The highest BCUT2D eigenvalue weighted by Crippen LogP contribution is 2.26. The van der Waals surface area contributed by atoms with Gasteiger partial charge in [0, 0.05) is 12.5 Å². The standard InChI is InChI=1S/C10H18N2O.ClH/c13-10(9-2-1-3-9)12-7-8-4-5-11-6-8;/h8-9,11H,1-7H2,(H,12,13);1H/t8-;/m0./s1. The van der Waals surface area contributed by atoms with E-state index >= 15 is 0 Å². The van der Waals surface area contributed by atoms with Gasteiger partial charge in [0.2, 0.25) is 5.91 Å². The third-order valence-corrected chi connectivity index (χ3v) is 3.20. The minimum Gasteiger partial charge on any atom is -0.356 e. The number of rotatable bonds is 3. The lowest BCUT2D eigenvalue weighted by molar-refractivity contribution is -0.127. The number of hydrogen-bond donors (Lipinski definition) is 2. The summed E-state index contributed by atoms with van der Waals surface area (Å²) in [7, 11) is 0. The summed E-state index contributed by atoms with van der Waals surface area (Å²) in [5.74, 6) is 1.30. The van der Waals surface area contributed by atoms with Crippen molar-refractivity contribution in [3.8, 4) is 0 Å². The van der Waals surface area contributed by atoms with Gasteiger partial charge in [0.15, 0.2) is 0 Å². The van der Waals surface area contributed by atoms with Crippen molar-refractivity contribution in [2.24, 2.45) is 11.8 Å². The van der Waals surface area contributed by atoms with Crippen LogP contribution in [0.5, 0.6) is 0 Å². The molecule has 0 radical (unpaired) electrons. The zero-order valence-corrected chi connectivity index (χ0v) is 9.24. The van der Waals surface area contributed by atoms with Crippen LogP contribution in [0, 0.1) is 11.8 Å². The minimum atomic E-state index is 0. The Kier molecular flexibility index (Phi) is 4.69. The maximum absolute atomic E-state index is 11.5. The van der Waals surface area contributed by atoms with E-state index in [1.54, 1.807) is 0 Å². The minimum absolute atomic E-state index is 0. The second-order valence-electron chi connectivity index (χ2n) is 4.23. The van der Waals surface area contributed by atoms with E-state index in [2.05, 4.69) is 10.6 Å². The molecule has 2 aliphatic rings. The Bertz CT molecular complexity index is 189. The normalized spacial score (nSPS) is 26.4. The van der Waals surface area contributed by atoms with Gasteiger partial charge >= 0.3 is 0 Å². The fourth-order valence-corrected chi connectivity index (χ4v) is 1.95. The van der Waals surface area contributed by atoms with Crippen LogP contribution in [0.1, 0.15) is 25.7 Å². The predicted octanol–water partition coefficient (Wildman–Crippen LogP) is 0.934. The van der Waals surface area contributed by atoms with Gasteiger partial charge in [-0.2, -0.15) is 0 Å². The molecular weight excluding hydrogens is 200 g/mol. The van der Waals surface area contributed by atoms with Crippen LogP contribution in [-0.2, 0) is 4.79 Å². The molecule has 0 spiro atoms. The second-order valence-corrected chi connectivity index (χ2v) is 4.23. The van der Waals surface area contributed by atoms with Gasteiger partial charge in [0.25, 0.3) is 0 Å². The van der Waals surface area contributed by atoms with Crippen molar-refractivity contribution in [1.29, 1.82) is 0 Å². The van der Waals surface area contributed by atoms with Crippen molar-refractivity contribution in [3.63, 3.8) is 0 Å². The summed E-state index contributed by atoms with van der Waals surface area (Å²) < 4.78 is 0. The molecule has 1 heterocycles. The van der Waals surface area contributed by atoms with E-state index < -0.39 is 0 Å². The average Bonchev–Trinajstić information content (AvgIpc) is 2.49. The molecule has 0 aromatic carbocycles. The van der Waals surface area contributed by atoms with Gasteiger partial charge in [0.1, 0.15) is 0 Å². The van der Waals surface area contributed by atoms with Crippen LogP contribution in [-0.4, -0.2) is 25.5 Å². The third-order valence-electron chi connectivity index (χ3n) is 3.20. The first-order chi connectivity index (χ1) is 6.36. The molecule has 4 heteroatoms. The third kappa shape index (κ3) is 2.85. The maximum Gasteiger partial charge on any atom is 0.223 e. The highest BCUT2D eigenvalue weighted by atomic mass is 35.5. The molecule has 14 heavy (non-hydrogen) atoms. The Morgan fingerprint density at radius 1 is 1.36 bits per heavy atom. The molecular formula is C10H19ClN2O. The van der Waals surface area contributed by atoms with Crippen LogP contribution >= 0.6 is 12.4 Å². The van der Waals surface area contributed by atoms with Crippen molar-refractivity contribution in [2.75, 3.05) is 19.6 Å². The lowest BCUT2D eigenvalue weighted by Gasteiger charge is -2.24. The molecule has 2 N–H and O–H groups in total. The zero-order chi connectivity index (χ0) is 9.10. The molecule has 1 amide bonds. The number of amides is 1. The zero-order valence-electron chi connectivity index (χ0n) is 8.42. The van der Waals surface area contributed by atoms with E-state index in [-0.39, 0.29) is 18.3 Å². The molecule has 2 fully saturated rings. The first kappa shape index (κ1) is 11.8. The summed E-state index contributed by atoms with van der Waals surface area (Å²) >= 11 is 0. The lowest BCUT2D eigenvalue weighted by atomic mass is 9.85. The van der Waals surface area contributed by atoms with Crippen LogP contribution in [0.3, 0.4) is 0 Å². The first-order valence-corrected chi connectivity index (χ1v) is 5.34. The van der Waals surface area contributed by atoms with Crippen molar-refractivity contribution in [2.45, 2.75) is 25.7 Å². The van der Waals surface area contributed by atoms with E-state index in [9.17, 15) is 4.79 Å². The van der Waals surface area contributed by atoms with Gasteiger partial charge in [-0.15, -0.1) is 12.4 Å². The molecule has 0 unspecified atom stereocenters. The predicted molar refractivity (Wildman–Crippen MR) is 58.6 cm³/mol. The molecule has 2 rings (SSSR count). The average molecular weight is 219 g/mol. The molecule has 82 valence electrons. The van der Waals surface area contributed by atoms with Crippen LogP contribution in [0.4, 0.5) is 0 Å². The van der Waals surface area contributed by atoms with E-state index in [0.717, 1.165) is 32.5 Å². The molecule has 1 saturated heterocycles. The van der Waals surface area contributed by atoms with Gasteiger partial charge in [-0.3, -0.25) is 4.79 Å². The molecule has 0 aromatic heterocycles. The molecule has 0 bridgehead atoms. The number of carbonyl (C=O) groups is 1. The van der Waals surface area contributed by atoms with Crippen molar-refractivity contribution >= 4 is 18.3 Å². The number of nitrogens with one attached hydrogen (secondary N) is 2. The number of halogens is 1. The van der Waals surface area contributed by atoms with Crippen molar-refractivity contribution in [1.82, 2.24) is 10.6 Å². The van der Waals surface area contributed by atoms with Crippen LogP contribution < -0.4 is 10.6 Å². The fourth-order valence-electron chi connectivity index (χ4n) is 1.95. The summed E-state index contributed by atoms with van der Waals surface area (Å²) in [5.41, 5.74) is 0. The molecule has 1 atom stereocenters. The van der Waals surface area contributed by atoms with E-state index in [0.29, 0.717) is 11.8 Å². The fraction of sp³-hybridized carbons (Fsp3) is 0.900. The summed E-state index contributed by atoms with van der Waals surface area (Å²) in [5, 5.41) is 6.35. The quantitative estimate of drug-likeness (QED) is 0.740. The topological polar surface area (TPSA) is 41.1 Å². The summed E-state index contributed by atoms with van der Waals surface area (Å²) in [6.45, 7) is 3.07. The van der Waals surface area contributed by atoms with Crippen LogP contribution in [0.2, 0.25) is 0 Å². The highest BCUT2D eigenvalue weighted by Gasteiger charge is 2.25. The SMILES string of the molecule is Cl.O=C(NC[C@H]1CCNC1)C1CCC1. The lowest BCUT2D eigenvalue weighted by Crippen LogP contribution is -2.37. The van der Waals surface area contributed by atoms with Gasteiger partial charge in [-0.05, 0) is 38.3 Å². The van der Waals surface area contributed by atoms with E-state index in [1.807, 2.05) is 0 Å². The smallest absolute Gasteiger partial charge is 0.223 e. The van der Waals surface area contributed by atoms with Gasteiger partial charge in [0.05, 0.1) is 0 Å². The number of hydrogen-bond acceptors (Lipinski definition) is 2. The van der Waals surface area contributed by atoms with E-state index in [1.165, 1.54) is 12.8 Å². The van der Waals surface area contributed by atoms with Crippen LogP contribution in [0.25, 0.3) is 0 Å². The Hall–Kier alpha value is -0.280. The van der Waals surface area contributed by atoms with Gasteiger partial charge in [-0.1, -0.05) is 6.42 Å². The van der Waals surface area contributed by atoms with Gasteiger partial charge < -0.3 is 10.6 Å². The molecule has 1 saturated carbocycles. The van der Waals surface area contributed by atoms with Crippen molar-refractivity contribution < 1.29 is 4.79 Å². The Morgan fingerprint density at radius 2 is 2.14 bits per heavy atom. The van der Waals surface area contributed by atoms with Crippen molar-refractivity contribution in [3.05, 3.63) is 0 Å². The number of carbonyl (C=O) groups excluding carboxylic acids is 1. The monoisotopic (exact) mass is 218 g/mol. The summed E-state index contributed by atoms with van der Waals surface area (Å²) in [6, 6.07) is 0. The molecule has 3 nitrogen and oxygen atoms in total. The Morgan fingerprint density at radius 3 is 2.64 bits per heavy atom. The Balaban J connectivity index is 0.000000980. The summed E-state index contributed by atoms with van der Waals surface area (Å²) in [4.78, 5) is 11.5. The van der Waals surface area contributed by atoms with E-state index in [4.69, 9.17) is 0 Å². The largest absolute Gasteiger partial charge is 0.356 e. The highest BCUT2D eigenvalue weighted by molar-refractivity contribution is 5.85. The molecule has 1 aliphatic heterocycles. The maximum atomic E-state index is 11.5. The first-order valence-electron chi connectivity index (χ1n) is 5.34. The van der Waals surface area contributed by atoms with Gasteiger partial charge in [-0.25, -0.2) is 0 Å². The molecule has 0 aromatic rings. The molecule has 1 aliphatic carbocycles. The second kappa shape index (κ2) is 5.56. The summed E-state index contributed by atoms with van der Waals surface area (Å²) in [6.07, 6.45) is 4.66.